The molecule has 0 saturated carbocycles. The van der Waals surface area contributed by atoms with Crippen molar-refractivity contribution in [1.29, 1.82) is 0 Å². The summed E-state index contributed by atoms with van der Waals surface area (Å²) in [6.45, 7) is 8.18. The number of nitrogens with zero attached hydrogens (tertiary/aromatic N) is 13. The topological polar surface area (TPSA) is 357 Å². The van der Waals surface area contributed by atoms with Crippen molar-refractivity contribution in [2.45, 2.75) is 20.8 Å². The number of para-hydroxylation sites is 1. The average molecular weight is 1220 g/mol. The lowest BCUT2D eigenvalue weighted by atomic mass is 10.2. The van der Waals surface area contributed by atoms with Gasteiger partial charge >= 0.3 is 0 Å². The summed E-state index contributed by atoms with van der Waals surface area (Å²) in [5.74, 6) is 3.50. The van der Waals surface area contributed by atoms with E-state index in [0.29, 0.717) is 78.8 Å². The van der Waals surface area contributed by atoms with Gasteiger partial charge < -0.3 is 73.8 Å². The van der Waals surface area contributed by atoms with Crippen molar-refractivity contribution in [3.05, 3.63) is 184 Å². The number of aromatic nitrogens is 8. The Hall–Kier alpha value is -11.1. The van der Waals surface area contributed by atoms with Crippen molar-refractivity contribution >= 4 is 134 Å². The molecule has 0 saturated heterocycles. The van der Waals surface area contributed by atoms with Crippen LogP contribution in [0.15, 0.2) is 167 Å². The van der Waals surface area contributed by atoms with Gasteiger partial charge in [0, 0.05) is 62.9 Å². The van der Waals surface area contributed by atoms with E-state index in [9.17, 15) is 0 Å². The smallest absolute Gasteiger partial charge is 0.144 e. The van der Waals surface area contributed by atoms with Crippen LogP contribution in [0.2, 0.25) is 10.0 Å². The van der Waals surface area contributed by atoms with E-state index in [1.54, 1.807) is 18.2 Å². The zero-order chi connectivity index (χ0) is 62.3. The SMILES string of the molecule is CCN(CC)c1ccc(Nc2ncnc(N)c2/C=N/OC)cc1.CO/N=C/c1c(N)ncnc1Nc1ccc(Cl)cc1.CO/N=C/c1c(N)ncnc1Nc1ccc(Cl)cc1C.CO/N=C/c1c(N)ncnc1Nc1ccc(Nc2ccccc2)cc1. The van der Waals surface area contributed by atoms with Gasteiger partial charge in [0.1, 0.15) is 100 Å². The van der Waals surface area contributed by atoms with Gasteiger partial charge in [-0.3, -0.25) is 0 Å². The summed E-state index contributed by atoms with van der Waals surface area (Å²) in [5, 5.41) is 32.2. The van der Waals surface area contributed by atoms with Gasteiger partial charge in [-0.25, -0.2) is 39.9 Å². The van der Waals surface area contributed by atoms with Gasteiger partial charge in [-0.15, -0.1) is 0 Å². The van der Waals surface area contributed by atoms with Crippen LogP contribution in [0.1, 0.15) is 41.7 Å². The second kappa shape index (κ2) is 34.5. The van der Waals surface area contributed by atoms with E-state index in [1.807, 2.05) is 97.9 Å². The van der Waals surface area contributed by atoms with Gasteiger partial charge in [0.05, 0.1) is 47.1 Å². The number of hydrogen-bond acceptors (Lipinski definition) is 26. The summed E-state index contributed by atoms with van der Waals surface area (Å²) in [4.78, 5) is 53.5. The van der Waals surface area contributed by atoms with Gasteiger partial charge in [-0.1, -0.05) is 62.0 Å². The minimum absolute atomic E-state index is 0.312. The van der Waals surface area contributed by atoms with Crippen LogP contribution in [-0.4, -0.2) is 106 Å². The predicted octanol–water partition coefficient (Wildman–Crippen LogP) is 11.3. The maximum absolute atomic E-state index is 5.93. The molecule has 0 bridgehead atoms. The number of oxime groups is 4. The molecule has 5 aromatic carbocycles. The van der Waals surface area contributed by atoms with Crippen LogP contribution in [0.3, 0.4) is 0 Å². The average Bonchev–Trinajstić information content (AvgIpc) is 3.66. The Bertz CT molecular complexity index is 3700. The van der Waals surface area contributed by atoms with Crippen LogP contribution in [0.5, 0.6) is 0 Å². The van der Waals surface area contributed by atoms with E-state index >= 15 is 0 Å². The first-order chi connectivity index (χ1) is 42.3. The monoisotopic (exact) mass is 1220 g/mol. The van der Waals surface area contributed by atoms with Crippen molar-refractivity contribution in [3.8, 4) is 0 Å². The maximum atomic E-state index is 5.93. The largest absolute Gasteiger partial charge is 0.399 e. The molecule has 13 N–H and O–H groups in total. The summed E-state index contributed by atoms with van der Waals surface area (Å²) in [5.41, 5.74) is 33.3. The lowest BCUT2D eigenvalue weighted by Crippen LogP contribution is -2.21. The molecule has 0 unspecified atom stereocenters. The fraction of sp³-hybridized carbons (Fsp3) is 0.153. The predicted molar refractivity (Wildman–Crippen MR) is 351 cm³/mol. The fourth-order valence-corrected chi connectivity index (χ4v) is 7.83. The molecule has 0 amide bonds. The normalized spacial score (nSPS) is 10.7. The van der Waals surface area contributed by atoms with E-state index in [1.165, 1.54) is 84.3 Å². The van der Waals surface area contributed by atoms with Gasteiger partial charge in [0.25, 0.3) is 0 Å². The van der Waals surface area contributed by atoms with E-state index in [2.05, 4.69) is 128 Å². The van der Waals surface area contributed by atoms with Crippen molar-refractivity contribution in [1.82, 2.24) is 39.9 Å². The summed E-state index contributed by atoms with van der Waals surface area (Å²) in [6.07, 6.45) is 11.4. The molecule has 0 radical (unpaired) electrons. The number of nitrogen functional groups attached to an aromatic ring is 4. The summed E-state index contributed by atoms with van der Waals surface area (Å²) in [6, 6.07) is 38.7. The lowest BCUT2D eigenvalue weighted by Gasteiger charge is -2.21. The maximum Gasteiger partial charge on any atom is 0.144 e. The van der Waals surface area contributed by atoms with Crippen molar-refractivity contribution in [2.24, 2.45) is 20.6 Å². The summed E-state index contributed by atoms with van der Waals surface area (Å²) in [7, 11) is 5.83. The lowest BCUT2D eigenvalue weighted by molar-refractivity contribution is 0.215. The third kappa shape index (κ3) is 20.3. The number of aryl methyl sites for hydroxylation is 1. The second-order valence-corrected chi connectivity index (χ2v) is 18.4. The van der Waals surface area contributed by atoms with Crippen LogP contribution in [0.25, 0.3) is 0 Å². The highest BCUT2D eigenvalue weighted by molar-refractivity contribution is 6.31. The molecular formula is C59H66Cl2N22O4. The van der Waals surface area contributed by atoms with Crippen LogP contribution >= 0.6 is 23.2 Å². The summed E-state index contributed by atoms with van der Waals surface area (Å²) < 4.78 is 0. The zero-order valence-corrected chi connectivity index (χ0v) is 50.1. The van der Waals surface area contributed by atoms with Crippen molar-refractivity contribution < 1.29 is 19.4 Å². The highest BCUT2D eigenvalue weighted by atomic mass is 35.5. The standard InChI is InChI=1S/C18H18N6O.C16H22N6O.C13H14ClN5O.C12H12ClN5O/c1-25-22-11-16-17(19)20-12-21-18(16)24-15-9-7-14(8-10-15)23-13-5-3-2-4-6-13;1-4-22(5-2)13-8-6-12(7-9-13)21-16-14(10-20-23-3)15(17)18-11-19-16;1-8-5-9(14)3-4-11(8)19-13-10(6-18-20-2)12(15)16-7-17-13;1-19-17-6-10-11(14)15-7-16-12(10)18-9-4-2-8(13)3-5-9/h2-12,23H,1H3,(H3,19,20,21,24);6-11H,4-5H2,1-3H3,(H3,17,18,19,21);3-7H,1-2H3,(H3,15,16,17,19);2-7H,1H3,(H3,14,15,16,18)/b22-11+;20-10+;18-6+;17-6+. The molecule has 0 aliphatic rings. The number of halogens is 2. The quantitative estimate of drug-likeness (QED) is 0.0238. The van der Waals surface area contributed by atoms with E-state index in [4.69, 9.17) is 55.8 Å². The number of hydrogen-bond donors (Lipinski definition) is 9. The number of anilines is 15. The van der Waals surface area contributed by atoms with E-state index in [-0.39, 0.29) is 0 Å². The van der Waals surface area contributed by atoms with Crippen LogP contribution in [0, 0.1) is 6.92 Å². The molecule has 0 aliphatic carbocycles. The van der Waals surface area contributed by atoms with Crippen molar-refractivity contribution in [2.75, 3.05) is 95.9 Å². The Morgan fingerprint density at radius 3 is 1.09 bits per heavy atom. The molecule has 9 aromatic rings. The van der Waals surface area contributed by atoms with E-state index < -0.39 is 0 Å². The Kier molecular flexibility index (Phi) is 25.8. The Balaban J connectivity index is 0.000000186. The van der Waals surface area contributed by atoms with Gasteiger partial charge in [-0.05, 0) is 129 Å². The Morgan fingerprint density at radius 1 is 0.414 bits per heavy atom. The Labute approximate surface area is 513 Å². The number of rotatable bonds is 21. The minimum Gasteiger partial charge on any atom is -0.399 e. The third-order valence-electron chi connectivity index (χ3n) is 11.8. The molecule has 4 heterocycles. The van der Waals surface area contributed by atoms with Crippen LogP contribution in [-0.2, 0) is 19.4 Å². The third-order valence-corrected chi connectivity index (χ3v) is 12.3. The highest BCUT2D eigenvalue weighted by Gasteiger charge is 2.13. The highest BCUT2D eigenvalue weighted by Crippen LogP contribution is 2.28. The first-order valence-electron chi connectivity index (χ1n) is 26.3. The molecule has 28 heteroatoms. The van der Waals surface area contributed by atoms with Gasteiger partial charge in [0.15, 0.2) is 0 Å². The molecule has 4 aromatic heterocycles. The molecule has 87 heavy (non-hydrogen) atoms. The molecule has 0 aliphatic heterocycles. The fourth-order valence-electron chi connectivity index (χ4n) is 7.47. The van der Waals surface area contributed by atoms with Crippen molar-refractivity contribution in [3.63, 3.8) is 0 Å². The number of nitrogens with one attached hydrogen (secondary N) is 5. The van der Waals surface area contributed by atoms with Crippen LogP contribution < -0.4 is 54.4 Å². The number of nitrogens with two attached hydrogens (primary N) is 4. The first kappa shape index (κ1) is 65.0. The zero-order valence-electron chi connectivity index (χ0n) is 48.6. The molecular weight excluding hydrogens is 1150 g/mol. The molecule has 9 rings (SSSR count). The van der Waals surface area contributed by atoms with Gasteiger partial charge in [-0.2, -0.15) is 0 Å². The minimum atomic E-state index is 0.312. The summed E-state index contributed by atoms with van der Waals surface area (Å²) >= 11 is 11.8. The van der Waals surface area contributed by atoms with Gasteiger partial charge in [0.2, 0.25) is 0 Å². The molecule has 0 atom stereocenters. The van der Waals surface area contributed by atoms with Crippen LogP contribution in [0.4, 0.5) is 86.4 Å². The second-order valence-electron chi connectivity index (χ2n) is 17.5. The number of benzene rings is 5. The molecule has 0 spiro atoms. The molecule has 450 valence electrons. The van der Waals surface area contributed by atoms with E-state index in [0.717, 1.165) is 52.8 Å². The molecule has 0 fully saturated rings. The first-order valence-corrected chi connectivity index (χ1v) is 27.1. The molecule has 26 nitrogen and oxygen atoms in total. The Morgan fingerprint density at radius 2 is 0.736 bits per heavy atom.